The average Bonchev–Trinajstić information content (AvgIpc) is 1.90. The summed E-state index contributed by atoms with van der Waals surface area (Å²) in [5.41, 5.74) is 1.18. The second kappa shape index (κ2) is 4.01. The third-order valence-electron chi connectivity index (χ3n) is 1.32. The Balaban J connectivity index is 0.000000810. The zero-order chi connectivity index (χ0) is 6.69. The lowest BCUT2D eigenvalue weighted by molar-refractivity contribution is 0.627. The van der Waals surface area contributed by atoms with E-state index >= 15 is 0 Å². The Hall–Kier alpha value is -0.890. The summed E-state index contributed by atoms with van der Waals surface area (Å²) in [5.74, 6) is -0.160. The molecule has 0 aliphatic heterocycles. The smallest absolute Gasteiger partial charge is 0.123 e. The van der Waals surface area contributed by atoms with E-state index in [1.54, 1.807) is 12.1 Å². The van der Waals surface area contributed by atoms with Gasteiger partial charge in [-0.15, -0.1) is 0 Å². The molecule has 0 aliphatic rings. The van der Waals surface area contributed by atoms with Crippen LogP contribution in [0.1, 0.15) is 12.5 Å². The van der Waals surface area contributed by atoms with Gasteiger partial charge in [-0.2, -0.15) is 0 Å². The molecule has 1 rings (SSSR count). The van der Waals surface area contributed by atoms with E-state index < -0.39 is 0 Å². The van der Waals surface area contributed by atoms with Crippen molar-refractivity contribution in [3.05, 3.63) is 35.6 Å². The van der Waals surface area contributed by atoms with Crippen LogP contribution in [0.2, 0.25) is 0 Å². The van der Waals surface area contributed by atoms with Crippen molar-refractivity contribution < 1.29 is 9.87 Å². The molecule has 0 amide bonds. The van der Waals surface area contributed by atoms with Crippen LogP contribution in [0.25, 0.3) is 0 Å². The first-order chi connectivity index (χ1) is 4.33. The van der Waals surface area contributed by atoms with Crippen molar-refractivity contribution in [2.45, 2.75) is 13.3 Å². The molecular weight excluding hydrogens is 131 g/mol. The van der Waals surface area contributed by atoms with Gasteiger partial charge in [0.2, 0.25) is 0 Å². The van der Waals surface area contributed by atoms with E-state index in [1.165, 1.54) is 17.7 Å². The van der Waals surface area contributed by atoms with Crippen LogP contribution in [-0.4, -0.2) is 5.48 Å². The summed E-state index contributed by atoms with van der Waals surface area (Å²) in [5, 5.41) is 0. The summed E-state index contributed by atoms with van der Waals surface area (Å²) < 4.78 is 12.2. The summed E-state index contributed by atoms with van der Waals surface area (Å²) >= 11 is 0. The molecule has 1 aromatic rings. The minimum Gasteiger partial charge on any atom is -0.412 e. The van der Waals surface area contributed by atoms with Gasteiger partial charge in [-0.05, 0) is 24.1 Å². The average molecular weight is 142 g/mol. The number of halogens is 1. The van der Waals surface area contributed by atoms with Gasteiger partial charge >= 0.3 is 0 Å². The molecule has 0 bridgehead atoms. The predicted molar refractivity (Wildman–Crippen MR) is 39.4 cm³/mol. The van der Waals surface area contributed by atoms with E-state index in [1.807, 2.05) is 6.92 Å². The van der Waals surface area contributed by atoms with E-state index in [4.69, 9.17) is 0 Å². The molecule has 2 N–H and O–H groups in total. The molecular formula is C8H11FO. The first-order valence-electron chi connectivity index (χ1n) is 3.07. The van der Waals surface area contributed by atoms with Crippen molar-refractivity contribution in [2.75, 3.05) is 0 Å². The summed E-state index contributed by atoms with van der Waals surface area (Å²) in [6.07, 6.45) is 0.972. The van der Waals surface area contributed by atoms with Crippen LogP contribution in [0.4, 0.5) is 4.39 Å². The molecule has 0 saturated heterocycles. The molecule has 0 spiro atoms. The van der Waals surface area contributed by atoms with Crippen LogP contribution in [0.3, 0.4) is 0 Å². The monoisotopic (exact) mass is 142 g/mol. The first-order valence-corrected chi connectivity index (χ1v) is 3.07. The second-order valence-corrected chi connectivity index (χ2v) is 1.98. The molecule has 10 heavy (non-hydrogen) atoms. The minimum atomic E-state index is -0.160. The highest BCUT2D eigenvalue weighted by Crippen LogP contribution is 2.01. The second-order valence-electron chi connectivity index (χ2n) is 1.98. The lowest BCUT2D eigenvalue weighted by Gasteiger charge is -1.92. The molecule has 2 heteroatoms. The summed E-state index contributed by atoms with van der Waals surface area (Å²) in [6.45, 7) is 2.05. The zero-order valence-electron chi connectivity index (χ0n) is 5.89. The standard InChI is InChI=1S/C8H9F.H2O/c1-2-7-3-5-8(9)6-4-7;/h3-6H,2H2,1H3;1H2. The molecule has 0 fully saturated rings. The van der Waals surface area contributed by atoms with Crippen molar-refractivity contribution in [3.8, 4) is 0 Å². The fraction of sp³-hybridized carbons (Fsp3) is 0.250. The molecule has 1 nitrogen and oxygen atoms in total. The van der Waals surface area contributed by atoms with Crippen molar-refractivity contribution >= 4 is 0 Å². The lowest BCUT2D eigenvalue weighted by Crippen LogP contribution is -1.78. The zero-order valence-corrected chi connectivity index (χ0v) is 5.89. The van der Waals surface area contributed by atoms with Gasteiger partial charge in [0, 0.05) is 0 Å². The highest BCUT2D eigenvalue weighted by Gasteiger charge is 1.87. The topological polar surface area (TPSA) is 31.5 Å². The Labute approximate surface area is 59.8 Å². The van der Waals surface area contributed by atoms with Gasteiger partial charge in [0.1, 0.15) is 5.82 Å². The van der Waals surface area contributed by atoms with Gasteiger partial charge in [-0.3, -0.25) is 0 Å². The van der Waals surface area contributed by atoms with Crippen molar-refractivity contribution in [1.29, 1.82) is 0 Å². The van der Waals surface area contributed by atoms with E-state index in [9.17, 15) is 4.39 Å². The highest BCUT2D eigenvalue weighted by atomic mass is 19.1. The quantitative estimate of drug-likeness (QED) is 0.570. The van der Waals surface area contributed by atoms with Crippen LogP contribution < -0.4 is 0 Å². The molecule has 56 valence electrons. The minimum absolute atomic E-state index is 0. The Bertz CT molecular complexity index is 181. The number of hydrogen-bond acceptors (Lipinski definition) is 0. The number of benzene rings is 1. The molecule has 0 unspecified atom stereocenters. The third kappa shape index (κ3) is 2.15. The molecule has 1 aromatic carbocycles. The third-order valence-corrected chi connectivity index (χ3v) is 1.32. The van der Waals surface area contributed by atoms with Gasteiger partial charge in [0.05, 0.1) is 0 Å². The maximum Gasteiger partial charge on any atom is 0.123 e. The van der Waals surface area contributed by atoms with Gasteiger partial charge in [0.25, 0.3) is 0 Å². The fourth-order valence-electron chi connectivity index (χ4n) is 0.720. The van der Waals surface area contributed by atoms with Gasteiger partial charge in [-0.25, -0.2) is 4.39 Å². The van der Waals surface area contributed by atoms with Crippen molar-refractivity contribution in [3.63, 3.8) is 0 Å². The first kappa shape index (κ1) is 9.11. The summed E-state index contributed by atoms with van der Waals surface area (Å²) in [4.78, 5) is 0. The SMILES string of the molecule is CCc1ccc(F)cc1.O. The van der Waals surface area contributed by atoms with Crippen LogP contribution in [0.5, 0.6) is 0 Å². The molecule has 0 aliphatic carbocycles. The lowest BCUT2D eigenvalue weighted by atomic mass is 10.2. The van der Waals surface area contributed by atoms with Gasteiger partial charge in [0.15, 0.2) is 0 Å². The Morgan fingerprint density at radius 2 is 1.70 bits per heavy atom. The summed E-state index contributed by atoms with van der Waals surface area (Å²) in [7, 11) is 0. The Morgan fingerprint density at radius 1 is 1.20 bits per heavy atom. The van der Waals surface area contributed by atoms with E-state index in [0.717, 1.165) is 6.42 Å². The molecule has 0 radical (unpaired) electrons. The van der Waals surface area contributed by atoms with Crippen LogP contribution in [-0.2, 0) is 6.42 Å². The molecule has 0 heterocycles. The number of rotatable bonds is 1. The molecule has 0 aromatic heterocycles. The van der Waals surface area contributed by atoms with Crippen molar-refractivity contribution in [2.24, 2.45) is 0 Å². The van der Waals surface area contributed by atoms with Gasteiger partial charge < -0.3 is 5.48 Å². The maximum absolute atomic E-state index is 12.2. The van der Waals surface area contributed by atoms with Crippen LogP contribution >= 0.6 is 0 Å². The van der Waals surface area contributed by atoms with Crippen LogP contribution in [0.15, 0.2) is 24.3 Å². The van der Waals surface area contributed by atoms with E-state index in [2.05, 4.69) is 0 Å². The summed E-state index contributed by atoms with van der Waals surface area (Å²) in [6, 6.07) is 6.57. The highest BCUT2D eigenvalue weighted by molar-refractivity contribution is 5.15. The van der Waals surface area contributed by atoms with E-state index in [-0.39, 0.29) is 11.3 Å². The van der Waals surface area contributed by atoms with E-state index in [0.29, 0.717) is 0 Å². The van der Waals surface area contributed by atoms with Crippen LogP contribution in [0, 0.1) is 5.82 Å². The predicted octanol–water partition coefficient (Wildman–Crippen LogP) is 1.56. The Morgan fingerprint density at radius 3 is 2.10 bits per heavy atom. The molecule has 0 saturated carbocycles. The normalized spacial score (nSPS) is 8.60. The fourth-order valence-corrected chi connectivity index (χ4v) is 0.720. The maximum atomic E-state index is 12.2. The largest absolute Gasteiger partial charge is 0.412 e. The van der Waals surface area contributed by atoms with Gasteiger partial charge in [-0.1, -0.05) is 19.1 Å². The van der Waals surface area contributed by atoms with Crippen molar-refractivity contribution in [1.82, 2.24) is 0 Å². The molecule has 0 atom stereocenters. The number of aryl methyl sites for hydroxylation is 1. The number of hydrogen-bond donors (Lipinski definition) is 0. The Kier molecular flexibility index (Phi) is 3.65.